The van der Waals surface area contributed by atoms with E-state index in [0.29, 0.717) is 5.16 Å². The van der Waals surface area contributed by atoms with Gasteiger partial charge in [0.25, 0.3) is 0 Å². The maximum Gasteiger partial charge on any atom is 0.191 e. The first-order valence-electron chi connectivity index (χ1n) is 3.74. The lowest BCUT2D eigenvalue weighted by Gasteiger charge is -1.99. The Bertz CT molecular complexity index is 413. The molecule has 0 spiro atoms. The first kappa shape index (κ1) is 8.73. The van der Waals surface area contributed by atoms with Gasteiger partial charge < -0.3 is 0 Å². The normalized spacial score (nSPS) is 10.3. The van der Waals surface area contributed by atoms with Gasteiger partial charge in [0.15, 0.2) is 11.0 Å². The standard InChI is InChI=1S/C8H8N3PS/c12-11-7(9-10-8(11)13)6-4-2-1-3-5-6/h1-5H,12H2,(H,10,13). The van der Waals surface area contributed by atoms with Crippen LogP contribution in [0.25, 0.3) is 11.4 Å². The summed E-state index contributed by atoms with van der Waals surface area (Å²) in [5.41, 5.74) is 1.03. The van der Waals surface area contributed by atoms with Crippen molar-refractivity contribution >= 4 is 22.0 Å². The number of thiol groups is 1. The fourth-order valence-electron chi connectivity index (χ4n) is 1.07. The molecule has 1 aromatic carbocycles. The molecular weight excluding hydrogens is 201 g/mol. The zero-order valence-corrected chi connectivity index (χ0v) is 8.80. The quantitative estimate of drug-likeness (QED) is 0.574. The van der Waals surface area contributed by atoms with Crippen molar-refractivity contribution in [3.05, 3.63) is 30.3 Å². The lowest BCUT2D eigenvalue weighted by molar-refractivity contribution is 0.960. The van der Waals surface area contributed by atoms with E-state index in [1.54, 1.807) is 4.34 Å². The van der Waals surface area contributed by atoms with E-state index < -0.39 is 0 Å². The van der Waals surface area contributed by atoms with Crippen LogP contribution in [0, 0.1) is 0 Å². The lowest BCUT2D eigenvalue weighted by atomic mass is 10.2. The fraction of sp³-hybridized carbons (Fsp3) is 0. The lowest BCUT2D eigenvalue weighted by Crippen LogP contribution is -1.85. The number of nitrogens with zero attached hydrogens (tertiary/aromatic N) is 3. The summed E-state index contributed by atoms with van der Waals surface area (Å²) in [5, 5.41) is 8.44. The van der Waals surface area contributed by atoms with Crippen LogP contribution in [-0.4, -0.2) is 14.5 Å². The van der Waals surface area contributed by atoms with E-state index in [1.807, 2.05) is 30.3 Å². The zero-order valence-electron chi connectivity index (χ0n) is 6.75. The molecule has 1 atom stereocenters. The second-order valence-corrected chi connectivity index (χ2v) is 3.48. The molecule has 1 unspecified atom stereocenters. The minimum atomic E-state index is 0.587. The summed E-state index contributed by atoms with van der Waals surface area (Å²) >= 11 is 4.14. The van der Waals surface area contributed by atoms with Gasteiger partial charge in [0.1, 0.15) is 0 Å². The molecular formula is C8H8N3PS. The molecule has 0 aliphatic carbocycles. The van der Waals surface area contributed by atoms with Gasteiger partial charge in [-0.3, -0.25) is 4.34 Å². The van der Waals surface area contributed by atoms with Gasteiger partial charge in [0, 0.05) is 5.56 Å². The van der Waals surface area contributed by atoms with Crippen LogP contribution in [0.1, 0.15) is 0 Å². The van der Waals surface area contributed by atoms with E-state index in [0.717, 1.165) is 11.4 Å². The third-order valence-electron chi connectivity index (χ3n) is 1.71. The highest BCUT2D eigenvalue weighted by Crippen LogP contribution is 2.21. The van der Waals surface area contributed by atoms with Gasteiger partial charge in [-0.1, -0.05) is 30.3 Å². The monoisotopic (exact) mass is 209 g/mol. The average Bonchev–Trinajstić information content (AvgIpc) is 2.49. The van der Waals surface area contributed by atoms with Crippen molar-refractivity contribution in [1.29, 1.82) is 0 Å². The van der Waals surface area contributed by atoms with E-state index in [4.69, 9.17) is 0 Å². The molecule has 2 aromatic rings. The van der Waals surface area contributed by atoms with Crippen molar-refractivity contribution in [1.82, 2.24) is 14.5 Å². The molecule has 0 radical (unpaired) electrons. The van der Waals surface area contributed by atoms with Gasteiger partial charge in [0.2, 0.25) is 0 Å². The van der Waals surface area contributed by atoms with Gasteiger partial charge >= 0.3 is 0 Å². The number of hydrogen-bond acceptors (Lipinski definition) is 3. The molecule has 0 bridgehead atoms. The van der Waals surface area contributed by atoms with Crippen LogP contribution in [0.3, 0.4) is 0 Å². The first-order chi connectivity index (χ1) is 6.29. The van der Waals surface area contributed by atoms with E-state index in [9.17, 15) is 0 Å². The van der Waals surface area contributed by atoms with E-state index in [2.05, 4.69) is 32.2 Å². The molecule has 13 heavy (non-hydrogen) atoms. The van der Waals surface area contributed by atoms with Crippen LogP contribution in [0.4, 0.5) is 0 Å². The second-order valence-electron chi connectivity index (χ2n) is 2.56. The van der Waals surface area contributed by atoms with Gasteiger partial charge in [-0.2, -0.15) is 0 Å². The Morgan fingerprint density at radius 2 is 1.85 bits per heavy atom. The molecule has 0 aliphatic heterocycles. The molecule has 0 N–H and O–H groups in total. The van der Waals surface area contributed by atoms with Crippen molar-refractivity contribution in [2.45, 2.75) is 5.16 Å². The van der Waals surface area contributed by atoms with E-state index in [1.165, 1.54) is 0 Å². The molecule has 0 saturated carbocycles. The highest BCUT2D eigenvalue weighted by atomic mass is 32.1. The van der Waals surface area contributed by atoms with Crippen LogP contribution >= 0.6 is 22.0 Å². The predicted molar refractivity (Wildman–Crippen MR) is 57.8 cm³/mol. The number of aromatic nitrogens is 3. The zero-order chi connectivity index (χ0) is 9.26. The Kier molecular flexibility index (Phi) is 2.34. The Balaban J connectivity index is 2.53. The summed E-state index contributed by atoms with van der Waals surface area (Å²) in [5.74, 6) is 0.801. The Hall–Kier alpha value is -0.860. The summed E-state index contributed by atoms with van der Waals surface area (Å²) in [4.78, 5) is 0. The van der Waals surface area contributed by atoms with Crippen molar-refractivity contribution in [3.8, 4) is 11.4 Å². The highest BCUT2D eigenvalue weighted by molar-refractivity contribution is 7.80. The molecule has 0 aliphatic rings. The summed E-state index contributed by atoms with van der Waals surface area (Å²) in [7, 11) is 2.52. The summed E-state index contributed by atoms with van der Waals surface area (Å²) in [6.07, 6.45) is 0. The van der Waals surface area contributed by atoms with Crippen molar-refractivity contribution in [3.63, 3.8) is 0 Å². The Labute approximate surface area is 83.9 Å². The third kappa shape index (κ3) is 1.60. The maximum atomic E-state index is 4.14. The molecule has 66 valence electrons. The molecule has 0 amide bonds. The minimum absolute atomic E-state index is 0.587. The van der Waals surface area contributed by atoms with Gasteiger partial charge in [0.05, 0.1) is 0 Å². The molecule has 1 aromatic heterocycles. The molecule has 0 saturated heterocycles. The molecule has 5 heteroatoms. The van der Waals surface area contributed by atoms with Crippen LogP contribution in [0.2, 0.25) is 0 Å². The van der Waals surface area contributed by atoms with Crippen molar-refractivity contribution in [2.24, 2.45) is 0 Å². The van der Waals surface area contributed by atoms with Gasteiger partial charge in [-0.15, -0.1) is 22.8 Å². The van der Waals surface area contributed by atoms with Crippen LogP contribution < -0.4 is 0 Å². The van der Waals surface area contributed by atoms with Crippen LogP contribution in [0.5, 0.6) is 0 Å². The van der Waals surface area contributed by atoms with Crippen molar-refractivity contribution in [2.75, 3.05) is 0 Å². The molecule has 1 heterocycles. The summed E-state index contributed by atoms with van der Waals surface area (Å²) in [6.45, 7) is 0. The minimum Gasteiger partial charge on any atom is -0.287 e. The fourth-order valence-corrected chi connectivity index (χ4v) is 1.46. The number of hydrogen-bond donors (Lipinski definition) is 1. The smallest absolute Gasteiger partial charge is 0.191 e. The Morgan fingerprint density at radius 3 is 2.38 bits per heavy atom. The second kappa shape index (κ2) is 3.48. The summed E-state index contributed by atoms with van der Waals surface area (Å²) in [6, 6.07) is 9.87. The van der Waals surface area contributed by atoms with E-state index >= 15 is 0 Å². The van der Waals surface area contributed by atoms with Gasteiger partial charge in [-0.05, 0) is 9.39 Å². The van der Waals surface area contributed by atoms with Gasteiger partial charge in [-0.25, -0.2) is 0 Å². The highest BCUT2D eigenvalue weighted by Gasteiger charge is 2.06. The maximum absolute atomic E-state index is 4.14. The number of rotatable bonds is 1. The molecule has 3 nitrogen and oxygen atoms in total. The average molecular weight is 209 g/mol. The summed E-state index contributed by atoms with van der Waals surface area (Å²) < 4.78 is 1.76. The predicted octanol–water partition coefficient (Wildman–Crippen LogP) is 1.87. The third-order valence-corrected chi connectivity index (χ3v) is 2.72. The van der Waals surface area contributed by atoms with E-state index in [-0.39, 0.29) is 0 Å². The van der Waals surface area contributed by atoms with Crippen LogP contribution in [0.15, 0.2) is 35.5 Å². The molecule has 0 fully saturated rings. The number of benzene rings is 1. The van der Waals surface area contributed by atoms with Crippen molar-refractivity contribution < 1.29 is 0 Å². The first-order valence-corrected chi connectivity index (χ1v) is 4.70. The Morgan fingerprint density at radius 1 is 1.15 bits per heavy atom. The topological polar surface area (TPSA) is 30.7 Å². The molecule has 2 rings (SSSR count). The van der Waals surface area contributed by atoms with Crippen LogP contribution in [-0.2, 0) is 0 Å². The SMILES string of the molecule is Pn1c(S)nnc1-c1ccccc1. The largest absolute Gasteiger partial charge is 0.287 e.